The molecule has 4 aromatic rings. The van der Waals surface area contributed by atoms with Crippen LogP contribution in [0.2, 0.25) is 0 Å². The number of phenols is 2. The van der Waals surface area contributed by atoms with Gasteiger partial charge in [0.2, 0.25) is 11.6 Å². The second-order valence-electron chi connectivity index (χ2n) is 18.6. The molecule has 8 rings (SSSR count). The number of halogens is 1. The third-order valence-corrected chi connectivity index (χ3v) is 13.4. The van der Waals surface area contributed by atoms with Gasteiger partial charge in [0.1, 0.15) is 59.7 Å². The molecule has 6 atom stereocenters. The number of aromatic hydroxyl groups is 2. The number of amides is 3. The van der Waals surface area contributed by atoms with E-state index in [0.717, 1.165) is 6.42 Å². The number of aliphatic hydroxyl groups is 4. The summed E-state index contributed by atoms with van der Waals surface area (Å²) in [7, 11) is 0. The van der Waals surface area contributed by atoms with Crippen LogP contribution in [0.1, 0.15) is 93.7 Å². The van der Waals surface area contributed by atoms with Gasteiger partial charge in [0.05, 0.1) is 44.3 Å². The normalized spacial score (nSPS) is 22.4. The Kier molecular flexibility index (Phi) is 18.3. The van der Waals surface area contributed by atoms with Gasteiger partial charge in [-0.15, -0.1) is 5.10 Å². The number of nitrogens with one attached hydrogen (secondary N) is 3. The SMILES string of the molecule is O=C(COCC1O[C@@H](O)C(O)[C@@H](O)[C@@H]1O)NCCCOCCOCCOCCCNC(=O)C1(F)CCCCCc2c1nnn2CCCNC(=O)c1ccc2c(c1)C1(OC2=O)c2ccc(O)cc2Oc2cc(O)ccc21. The minimum absolute atomic E-state index is 0.00149. The molecule has 3 aliphatic heterocycles. The summed E-state index contributed by atoms with van der Waals surface area (Å²) in [6, 6.07) is 13.5. The number of benzene rings is 3. The Hall–Kier alpha value is -6.35. The molecule has 4 heterocycles. The van der Waals surface area contributed by atoms with Crippen molar-refractivity contribution in [3.05, 3.63) is 93.8 Å². The van der Waals surface area contributed by atoms with Crippen molar-refractivity contribution in [1.29, 1.82) is 0 Å². The molecule has 9 N–H and O–H groups in total. The number of aryl methyl sites for hydroxylation is 1. The summed E-state index contributed by atoms with van der Waals surface area (Å²) in [6.45, 7) is 2.31. The molecule has 1 fully saturated rings. The fraction of sp³-hybridized carbons (Fsp3) is 0.529. The van der Waals surface area contributed by atoms with Crippen LogP contribution >= 0.6 is 0 Å². The lowest BCUT2D eigenvalue weighted by molar-refractivity contribution is -0.288. The molecule has 1 aromatic heterocycles. The number of carbonyl (C=O) groups excluding carboxylic acids is 4. The molecule has 3 aromatic carbocycles. The van der Waals surface area contributed by atoms with Crippen molar-refractivity contribution in [2.24, 2.45) is 0 Å². The van der Waals surface area contributed by atoms with E-state index in [1.807, 2.05) is 0 Å². The van der Waals surface area contributed by atoms with E-state index in [0.29, 0.717) is 114 Å². The average Bonchev–Trinajstić information content (AvgIpc) is 3.93. The fourth-order valence-electron chi connectivity index (χ4n) is 9.47. The Morgan fingerprint density at radius 1 is 0.733 bits per heavy atom. The molecule has 24 heteroatoms. The highest BCUT2D eigenvalue weighted by Gasteiger charge is 2.54. The number of aliphatic hydroxyl groups excluding tert-OH is 4. The van der Waals surface area contributed by atoms with Gasteiger partial charge in [0.15, 0.2) is 11.9 Å². The second-order valence-corrected chi connectivity index (χ2v) is 18.6. The van der Waals surface area contributed by atoms with Crippen LogP contribution in [0, 0.1) is 0 Å². The smallest absolute Gasteiger partial charge is 0.340 e. The van der Waals surface area contributed by atoms with Crippen LogP contribution in [-0.4, -0.2) is 173 Å². The second kappa shape index (κ2) is 25.0. The molecule has 406 valence electrons. The molecule has 75 heavy (non-hydrogen) atoms. The third kappa shape index (κ3) is 12.5. The molecule has 0 saturated carbocycles. The van der Waals surface area contributed by atoms with Crippen molar-refractivity contribution in [3.8, 4) is 23.0 Å². The van der Waals surface area contributed by atoms with E-state index in [-0.39, 0.29) is 72.5 Å². The van der Waals surface area contributed by atoms with Crippen LogP contribution in [-0.2, 0) is 62.2 Å². The van der Waals surface area contributed by atoms with Crippen molar-refractivity contribution >= 4 is 23.7 Å². The number of ether oxygens (including phenoxy) is 7. The van der Waals surface area contributed by atoms with Gasteiger partial charge in [-0.05, 0) is 87.4 Å². The molecule has 0 radical (unpaired) electrons. The Bertz CT molecular complexity index is 2600. The van der Waals surface area contributed by atoms with Crippen LogP contribution in [0.25, 0.3) is 0 Å². The number of esters is 1. The maximum atomic E-state index is 16.8. The summed E-state index contributed by atoms with van der Waals surface area (Å²) in [4.78, 5) is 52.4. The van der Waals surface area contributed by atoms with E-state index in [1.165, 1.54) is 36.4 Å². The highest BCUT2D eigenvalue weighted by atomic mass is 19.1. The van der Waals surface area contributed by atoms with Gasteiger partial charge in [-0.3, -0.25) is 14.4 Å². The van der Waals surface area contributed by atoms with Gasteiger partial charge in [-0.2, -0.15) is 0 Å². The summed E-state index contributed by atoms with van der Waals surface area (Å²) in [6.07, 6.45) is -3.79. The number of fused-ring (bicyclic) bond motifs is 7. The Labute approximate surface area is 430 Å². The number of carbonyl (C=O) groups is 4. The molecule has 3 unspecified atom stereocenters. The van der Waals surface area contributed by atoms with E-state index in [1.54, 1.807) is 22.9 Å². The van der Waals surface area contributed by atoms with Crippen molar-refractivity contribution in [1.82, 2.24) is 30.9 Å². The van der Waals surface area contributed by atoms with Crippen LogP contribution in [0.15, 0.2) is 54.6 Å². The maximum absolute atomic E-state index is 16.8. The summed E-state index contributed by atoms with van der Waals surface area (Å²) in [5.74, 6) is -1.99. The van der Waals surface area contributed by atoms with E-state index in [9.17, 15) is 49.8 Å². The van der Waals surface area contributed by atoms with E-state index < -0.39 is 65.7 Å². The average molecular weight is 1050 g/mol. The molecule has 1 spiro atoms. The predicted molar refractivity (Wildman–Crippen MR) is 257 cm³/mol. The number of aromatic nitrogens is 3. The van der Waals surface area contributed by atoms with Crippen molar-refractivity contribution in [3.63, 3.8) is 0 Å². The zero-order valence-electron chi connectivity index (χ0n) is 41.1. The minimum Gasteiger partial charge on any atom is -0.508 e. The highest BCUT2D eigenvalue weighted by Crippen LogP contribution is 2.57. The van der Waals surface area contributed by atoms with Gasteiger partial charge in [-0.1, -0.05) is 11.6 Å². The number of hydrogen-bond donors (Lipinski definition) is 9. The van der Waals surface area contributed by atoms with Crippen LogP contribution in [0.3, 0.4) is 0 Å². The van der Waals surface area contributed by atoms with Gasteiger partial charge < -0.3 is 79.7 Å². The van der Waals surface area contributed by atoms with Crippen LogP contribution < -0.4 is 20.7 Å². The number of hydrogen-bond acceptors (Lipinski definition) is 19. The molecule has 1 saturated heterocycles. The third-order valence-electron chi connectivity index (χ3n) is 13.4. The van der Waals surface area contributed by atoms with Crippen molar-refractivity contribution in [2.75, 3.05) is 72.5 Å². The number of nitrogens with zero attached hydrogens (tertiary/aromatic N) is 3. The summed E-state index contributed by atoms with van der Waals surface area (Å²) < 4.78 is 57.4. The first-order valence-electron chi connectivity index (χ1n) is 25.1. The van der Waals surface area contributed by atoms with Crippen LogP contribution in [0.4, 0.5) is 4.39 Å². The number of rotatable bonds is 24. The minimum atomic E-state index is -2.38. The predicted octanol–water partition coefficient (Wildman–Crippen LogP) is 1.24. The quantitative estimate of drug-likeness (QED) is 0.0352. The molecule has 4 aliphatic rings. The Morgan fingerprint density at radius 3 is 2.08 bits per heavy atom. The molecular formula is C51H63FN6O17. The standard InChI is InChI=1S/C51H63FN6O17/c52-50(49(68)55-17-6-20-70-22-24-71-23-21-69-19-5-16-53-41(61)29-72-28-40-42(62)43(63)44(64)48(67)74-40)14-3-1-2-7-37-45(50)56-57-58(37)18-4-15-54-46(65)30-8-11-33-36(25-30)51(75-47(33)66)34-12-9-31(59)26-38(34)73-39-27-32(60)10-13-35(39)51/h8-13,25-27,40,42-44,48,59-60,62-64,67H,1-7,14-24,28-29H2,(H,53,61)(H,54,65)(H,55,68)/t40?,42-,43+,44?,48-,50?/m1/s1. The summed E-state index contributed by atoms with van der Waals surface area (Å²) >= 11 is 0. The molecule has 1 aliphatic carbocycles. The first kappa shape index (κ1) is 54.9. The lowest BCUT2D eigenvalue weighted by atomic mass is 9.77. The molecule has 23 nitrogen and oxygen atoms in total. The van der Waals surface area contributed by atoms with E-state index in [4.69, 9.17) is 33.2 Å². The van der Waals surface area contributed by atoms with Crippen LogP contribution in [0.5, 0.6) is 23.0 Å². The highest BCUT2D eigenvalue weighted by molar-refractivity contribution is 6.00. The molecule has 0 bridgehead atoms. The molecular weight excluding hydrogens is 988 g/mol. The summed E-state index contributed by atoms with van der Waals surface area (Å²) in [5, 5.41) is 76.0. The van der Waals surface area contributed by atoms with Crippen molar-refractivity contribution in [2.45, 2.75) is 99.9 Å². The van der Waals surface area contributed by atoms with Gasteiger partial charge in [0, 0.05) is 73.8 Å². The van der Waals surface area contributed by atoms with Gasteiger partial charge in [-0.25, -0.2) is 13.9 Å². The molecule has 3 amide bonds. The monoisotopic (exact) mass is 1050 g/mol. The van der Waals surface area contributed by atoms with E-state index in [2.05, 4.69) is 26.3 Å². The van der Waals surface area contributed by atoms with Crippen molar-refractivity contribution < 1.29 is 87.4 Å². The topological polar surface area (TPSA) is 321 Å². The fourth-order valence-corrected chi connectivity index (χ4v) is 9.47. The summed E-state index contributed by atoms with van der Waals surface area (Å²) in [5.41, 5.74) is -1.65. The maximum Gasteiger partial charge on any atom is 0.340 e. The van der Waals surface area contributed by atoms with Gasteiger partial charge >= 0.3 is 5.97 Å². The first-order valence-corrected chi connectivity index (χ1v) is 25.1. The largest absolute Gasteiger partial charge is 0.508 e. The Morgan fingerprint density at radius 2 is 1.39 bits per heavy atom. The Balaban J connectivity index is 0.712. The zero-order valence-corrected chi connectivity index (χ0v) is 41.1. The lowest BCUT2D eigenvalue weighted by Crippen LogP contribution is -2.58. The number of phenolic OH excluding ortho intramolecular Hbond substituents is 2. The zero-order chi connectivity index (χ0) is 53.1. The van der Waals surface area contributed by atoms with E-state index >= 15 is 4.39 Å². The number of alkyl halides is 1. The van der Waals surface area contributed by atoms with Gasteiger partial charge in [0.25, 0.3) is 11.8 Å². The lowest BCUT2D eigenvalue weighted by Gasteiger charge is -2.38. The first-order chi connectivity index (χ1) is 36.2.